The highest BCUT2D eigenvalue weighted by Crippen LogP contribution is 2.14. The van der Waals surface area contributed by atoms with E-state index in [4.69, 9.17) is 5.11 Å². The third-order valence-electron chi connectivity index (χ3n) is 4.68. The maximum Gasteiger partial charge on any atom is 0.303 e. The molecule has 0 fully saturated rings. The number of unbranched alkanes of at least 4 members (excludes halogenated alkanes) is 14. The zero-order chi connectivity index (χ0) is 17.9. The van der Waals surface area contributed by atoms with E-state index in [9.17, 15) is 9.59 Å². The smallest absolute Gasteiger partial charge is 0.303 e. The van der Waals surface area contributed by atoms with Crippen molar-refractivity contribution in [2.75, 3.05) is 0 Å². The summed E-state index contributed by atoms with van der Waals surface area (Å²) in [6.07, 6.45) is 20.5. The lowest BCUT2D eigenvalue weighted by Crippen LogP contribution is -2.02. The average molecular weight is 341 g/mol. The quantitative estimate of drug-likeness (QED) is 0.267. The minimum Gasteiger partial charge on any atom is -0.481 e. The number of Topliss-reactive ketones (excluding diaryl/α,β-unsaturated/α-hetero) is 1. The minimum absolute atomic E-state index is 0.0163. The van der Waals surface area contributed by atoms with Crippen LogP contribution in [0, 0.1) is 0 Å². The Hall–Kier alpha value is -0.860. The monoisotopic (exact) mass is 340 g/mol. The van der Waals surface area contributed by atoms with Crippen molar-refractivity contribution in [2.45, 2.75) is 122 Å². The molecule has 0 heterocycles. The van der Waals surface area contributed by atoms with Crippen LogP contribution in [0.1, 0.15) is 122 Å². The second kappa shape index (κ2) is 18.5. The van der Waals surface area contributed by atoms with Gasteiger partial charge in [0, 0.05) is 12.8 Å². The number of ketones is 1. The number of rotatable bonds is 19. The van der Waals surface area contributed by atoms with Crippen LogP contribution in [0.4, 0.5) is 0 Å². The van der Waals surface area contributed by atoms with Gasteiger partial charge >= 0.3 is 5.97 Å². The molecule has 0 saturated heterocycles. The van der Waals surface area contributed by atoms with Gasteiger partial charge in [-0.3, -0.25) is 9.59 Å². The van der Waals surface area contributed by atoms with Gasteiger partial charge in [0.15, 0.2) is 0 Å². The fraction of sp³-hybridized carbons (Fsp3) is 0.905. The Morgan fingerprint density at radius 2 is 0.917 bits per heavy atom. The molecule has 0 aromatic rings. The number of carboxylic acids is 1. The Balaban J connectivity index is 3.10. The number of carboxylic acid groups (broad SMARTS) is 1. The summed E-state index contributed by atoms with van der Waals surface area (Å²) in [6.45, 7) is 2.27. The van der Waals surface area contributed by atoms with Gasteiger partial charge in [-0.2, -0.15) is 0 Å². The summed E-state index contributed by atoms with van der Waals surface area (Å²) < 4.78 is 0. The topological polar surface area (TPSA) is 54.4 Å². The van der Waals surface area contributed by atoms with E-state index < -0.39 is 5.97 Å². The van der Waals surface area contributed by atoms with Crippen molar-refractivity contribution >= 4 is 11.8 Å². The molecule has 0 atom stereocenters. The Bertz CT molecular complexity index is 299. The summed E-state index contributed by atoms with van der Waals surface area (Å²) in [5.74, 6) is -0.771. The third-order valence-corrected chi connectivity index (χ3v) is 4.68. The van der Waals surface area contributed by atoms with Crippen LogP contribution >= 0.6 is 0 Å². The summed E-state index contributed by atoms with van der Waals surface area (Å²) in [5, 5.41) is 8.51. The van der Waals surface area contributed by atoms with Crippen LogP contribution in [0.25, 0.3) is 0 Å². The Morgan fingerprint density at radius 1 is 0.542 bits per heavy atom. The Labute approximate surface area is 149 Å². The molecule has 0 bridgehead atoms. The molecule has 0 saturated carbocycles. The second-order valence-corrected chi connectivity index (χ2v) is 7.13. The van der Waals surface area contributed by atoms with E-state index in [-0.39, 0.29) is 18.6 Å². The molecule has 0 aromatic heterocycles. The standard InChI is InChI=1S/C21H40O3/c1-2-3-4-5-6-7-8-9-10-11-12-13-14-15-16-17-20(22)18-19-21(23)24/h2-19H2,1H3,(H,23,24). The molecule has 0 unspecified atom stereocenters. The number of hydrogen-bond donors (Lipinski definition) is 1. The van der Waals surface area contributed by atoms with Crippen molar-refractivity contribution in [2.24, 2.45) is 0 Å². The van der Waals surface area contributed by atoms with Crippen molar-refractivity contribution in [3.05, 3.63) is 0 Å². The van der Waals surface area contributed by atoms with Gasteiger partial charge in [-0.25, -0.2) is 0 Å². The van der Waals surface area contributed by atoms with E-state index in [0.717, 1.165) is 12.8 Å². The van der Waals surface area contributed by atoms with Gasteiger partial charge in [0.05, 0.1) is 6.42 Å². The van der Waals surface area contributed by atoms with Crippen LogP contribution in [0.2, 0.25) is 0 Å². The number of hydrogen-bond acceptors (Lipinski definition) is 2. The molecule has 3 heteroatoms. The second-order valence-electron chi connectivity index (χ2n) is 7.13. The summed E-state index contributed by atoms with van der Waals surface area (Å²) in [4.78, 5) is 21.8. The fourth-order valence-electron chi connectivity index (χ4n) is 3.06. The maximum atomic E-state index is 11.4. The molecule has 0 aliphatic carbocycles. The van der Waals surface area contributed by atoms with Crippen molar-refractivity contribution in [1.82, 2.24) is 0 Å². The van der Waals surface area contributed by atoms with E-state index in [0.29, 0.717) is 6.42 Å². The normalized spacial score (nSPS) is 10.9. The summed E-state index contributed by atoms with van der Waals surface area (Å²) in [5.41, 5.74) is 0. The molecule has 0 radical (unpaired) electrons. The largest absolute Gasteiger partial charge is 0.481 e. The summed E-state index contributed by atoms with van der Waals surface area (Å²) in [7, 11) is 0. The zero-order valence-corrected chi connectivity index (χ0v) is 16.0. The Kier molecular flexibility index (Phi) is 17.8. The highest BCUT2D eigenvalue weighted by atomic mass is 16.4. The molecule has 0 aliphatic heterocycles. The number of carbonyl (C=O) groups is 2. The molecule has 0 spiro atoms. The van der Waals surface area contributed by atoms with E-state index >= 15 is 0 Å². The lowest BCUT2D eigenvalue weighted by Gasteiger charge is -2.03. The van der Waals surface area contributed by atoms with Gasteiger partial charge in [0.25, 0.3) is 0 Å². The first kappa shape index (κ1) is 23.1. The van der Waals surface area contributed by atoms with Crippen molar-refractivity contribution in [3.63, 3.8) is 0 Å². The summed E-state index contributed by atoms with van der Waals surface area (Å²) >= 11 is 0. The predicted molar refractivity (Wildman–Crippen MR) is 101 cm³/mol. The molecule has 24 heavy (non-hydrogen) atoms. The van der Waals surface area contributed by atoms with Gasteiger partial charge in [0.2, 0.25) is 0 Å². The van der Waals surface area contributed by atoms with Crippen molar-refractivity contribution in [1.29, 1.82) is 0 Å². The Morgan fingerprint density at radius 3 is 1.29 bits per heavy atom. The molecular weight excluding hydrogens is 300 g/mol. The van der Waals surface area contributed by atoms with E-state index in [1.54, 1.807) is 0 Å². The predicted octanol–water partition coefficient (Wildman–Crippen LogP) is 6.68. The van der Waals surface area contributed by atoms with Crippen LogP contribution in [0.5, 0.6) is 0 Å². The van der Waals surface area contributed by atoms with E-state index in [1.807, 2.05) is 0 Å². The molecule has 1 N–H and O–H groups in total. The van der Waals surface area contributed by atoms with Crippen LogP contribution in [-0.2, 0) is 9.59 Å². The molecule has 0 aromatic carbocycles. The average Bonchev–Trinajstić information content (AvgIpc) is 2.56. The maximum absolute atomic E-state index is 11.4. The van der Waals surface area contributed by atoms with Gasteiger partial charge < -0.3 is 5.11 Å². The number of aliphatic carboxylic acids is 1. The van der Waals surface area contributed by atoms with Crippen molar-refractivity contribution in [3.8, 4) is 0 Å². The minimum atomic E-state index is -0.875. The molecule has 142 valence electrons. The first-order chi connectivity index (χ1) is 11.7. The molecular formula is C21H40O3. The lowest BCUT2D eigenvalue weighted by molar-refractivity contribution is -0.138. The zero-order valence-electron chi connectivity index (χ0n) is 16.0. The molecule has 0 rings (SSSR count). The highest BCUT2D eigenvalue weighted by molar-refractivity contribution is 5.82. The van der Waals surface area contributed by atoms with Crippen LogP contribution < -0.4 is 0 Å². The molecule has 0 amide bonds. The van der Waals surface area contributed by atoms with Crippen LogP contribution in [0.15, 0.2) is 0 Å². The highest BCUT2D eigenvalue weighted by Gasteiger charge is 2.05. The van der Waals surface area contributed by atoms with Crippen molar-refractivity contribution < 1.29 is 14.7 Å². The van der Waals surface area contributed by atoms with Crippen LogP contribution in [0.3, 0.4) is 0 Å². The molecule has 3 nitrogen and oxygen atoms in total. The molecule has 0 aliphatic rings. The first-order valence-corrected chi connectivity index (χ1v) is 10.4. The summed E-state index contributed by atoms with van der Waals surface area (Å²) in [6, 6.07) is 0. The van der Waals surface area contributed by atoms with E-state index in [1.165, 1.54) is 83.5 Å². The SMILES string of the molecule is CCCCCCCCCCCCCCCCCC(=O)CCC(=O)O. The van der Waals surface area contributed by atoms with Gasteiger partial charge in [-0.1, -0.05) is 96.8 Å². The third kappa shape index (κ3) is 19.2. The van der Waals surface area contributed by atoms with Crippen LogP contribution in [-0.4, -0.2) is 16.9 Å². The fourth-order valence-corrected chi connectivity index (χ4v) is 3.06. The van der Waals surface area contributed by atoms with Gasteiger partial charge in [-0.15, -0.1) is 0 Å². The van der Waals surface area contributed by atoms with Gasteiger partial charge in [-0.05, 0) is 6.42 Å². The van der Waals surface area contributed by atoms with E-state index in [2.05, 4.69) is 6.92 Å². The number of carbonyl (C=O) groups excluding carboxylic acids is 1. The lowest BCUT2D eigenvalue weighted by atomic mass is 10.0. The first-order valence-electron chi connectivity index (χ1n) is 10.4. The van der Waals surface area contributed by atoms with Gasteiger partial charge in [0.1, 0.15) is 5.78 Å².